The topological polar surface area (TPSA) is 167 Å². The SMILES string of the molecule is COc1ccc2[nH]c([S+]([O-])Cc3ncc(C)c(OC)c3C)nc2c1S(=O)(=O)c1ccc(OCC(C)(C)C(=O)[O-])cc1.[Na+]. The van der Waals surface area contributed by atoms with Crippen molar-refractivity contribution in [3.8, 4) is 17.2 Å². The molecule has 2 aromatic heterocycles. The summed E-state index contributed by atoms with van der Waals surface area (Å²) in [6.45, 7) is 6.47. The van der Waals surface area contributed by atoms with E-state index in [9.17, 15) is 22.9 Å². The van der Waals surface area contributed by atoms with Gasteiger partial charge >= 0.3 is 34.7 Å². The average molecular weight is 624 g/mol. The second kappa shape index (κ2) is 13.2. The minimum Gasteiger partial charge on any atom is -0.609 e. The van der Waals surface area contributed by atoms with Crippen LogP contribution in [0.2, 0.25) is 0 Å². The zero-order valence-electron chi connectivity index (χ0n) is 24.4. The minimum atomic E-state index is -4.17. The Bertz CT molecular complexity index is 1710. The van der Waals surface area contributed by atoms with Crippen LogP contribution < -0.4 is 48.9 Å². The maximum atomic E-state index is 13.8. The fourth-order valence-corrected chi connectivity index (χ4v) is 6.75. The first-order valence-corrected chi connectivity index (χ1v) is 15.2. The molecule has 4 aromatic rings. The van der Waals surface area contributed by atoms with Crippen LogP contribution in [0.5, 0.6) is 17.2 Å². The number of carbonyl (C=O) groups is 1. The van der Waals surface area contributed by atoms with Crippen molar-refractivity contribution < 1.29 is 66.6 Å². The van der Waals surface area contributed by atoms with Crippen molar-refractivity contribution in [1.29, 1.82) is 0 Å². The molecule has 0 aliphatic rings. The molecule has 2 aromatic carbocycles. The number of aromatic nitrogens is 3. The number of aromatic amines is 1. The van der Waals surface area contributed by atoms with Gasteiger partial charge in [0.25, 0.3) is 0 Å². The molecule has 0 bridgehead atoms. The van der Waals surface area contributed by atoms with Crippen molar-refractivity contribution in [3.05, 3.63) is 59.4 Å². The molecule has 0 radical (unpaired) electrons. The second-order valence-corrected chi connectivity index (χ2v) is 13.3. The molecule has 42 heavy (non-hydrogen) atoms. The summed E-state index contributed by atoms with van der Waals surface area (Å²) in [4.78, 5) is 22.8. The predicted molar refractivity (Wildman–Crippen MR) is 149 cm³/mol. The Balaban J connectivity index is 0.00000484. The molecule has 2 heterocycles. The van der Waals surface area contributed by atoms with E-state index >= 15 is 0 Å². The van der Waals surface area contributed by atoms with Crippen LogP contribution in [0.1, 0.15) is 30.7 Å². The minimum absolute atomic E-state index is 0. The number of carbonyl (C=O) groups excluding carboxylic acids is 1. The number of fused-ring (bicyclic) bond motifs is 1. The number of sulfone groups is 1. The van der Waals surface area contributed by atoms with Gasteiger partial charge in [0, 0.05) is 33.9 Å². The predicted octanol–water partition coefficient (Wildman–Crippen LogP) is -0.109. The Labute approximate surface area is 269 Å². The monoisotopic (exact) mass is 623 g/mol. The number of nitrogens with one attached hydrogen (secondary N) is 1. The van der Waals surface area contributed by atoms with Crippen molar-refractivity contribution in [3.63, 3.8) is 0 Å². The number of pyridine rings is 1. The van der Waals surface area contributed by atoms with E-state index < -0.39 is 32.4 Å². The summed E-state index contributed by atoms with van der Waals surface area (Å²) in [5.74, 6) is -0.205. The third kappa shape index (κ3) is 6.71. The molecule has 1 atom stereocenters. The number of hydrogen-bond acceptors (Lipinski definition) is 10. The van der Waals surface area contributed by atoms with E-state index in [4.69, 9.17) is 14.2 Å². The second-order valence-electron chi connectivity index (χ2n) is 10.0. The van der Waals surface area contributed by atoms with E-state index in [1.54, 1.807) is 19.4 Å². The number of rotatable bonds is 11. The largest absolute Gasteiger partial charge is 1.00 e. The van der Waals surface area contributed by atoms with E-state index in [1.165, 1.54) is 51.3 Å². The normalized spacial score (nSPS) is 12.5. The number of hydrogen-bond donors (Lipinski definition) is 1. The van der Waals surface area contributed by atoms with Crippen LogP contribution in [0, 0.1) is 19.3 Å². The number of H-pyrrole nitrogens is 1. The summed E-state index contributed by atoms with van der Waals surface area (Å²) in [5.41, 5.74) is 1.40. The van der Waals surface area contributed by atoms with Crippen LogP contribution in [0.4, 0.5) is 0 Å². The van der Waals surface area contributed by atoms with Crippen LogP contribution in [-0.4, -0.2) is 54.7 Å². The number of aliphatic carboxylic acids is 1. The molecule has 11 nitrogen and oxygen atoms in total. The third-order valence-corrected chi connectivity index (χ3v) is 9.54. The summed E-state index contributed by atoms with van der Waals surface area (Å²) < 4.78 is 57.3. The Morgan fingerprint density at radius 1 is 1.07 bits per heavy atom. The Kier molecular flexibility index (Phi) is 10.6. The molecule has 1 unspecified atom stereocenters. The van der Waals surface area contributed by atoms with E-state index in [2.05, 4.69) is 15.0 Å². The zero-order chi connectivity index (χ0) is 30.1. The summed E-state index contributed by atoms with van der Waals surface area (Å²) in [6, 6.07) is 8.66. The smallest absolute Gasteiger partial charge is 0.609 e. The fourth-order valence-electron chi connectivity index (χ4n) is 4.10. The van der Waals surface area contributed by atoms with Gasteiger partial charge in [-0.15, -0.1) is 0 Å². The number of benzene rings is 2. The first kappa shape index (κ1) is 33.7. The van der Waals surface area contributed by atoms with Crippen LogP contribution >= 0.6 is 0 Å². The van der Waals surface area contributed by atoms with Gasteiger partial charge in [-0.1, -0.05) is 13.8 Å². The van der Waals surface area contributed by atoms with E-state index in [-0.39, 0.29) is 73.9 Å². The van der Waals surface area contributed by atoms with Gasteiger partial charge in [0.15, 0.2) is 5.75 Å². The number of imidazole rings is 1. The number of carboxylic acids is 1. The first-order chi connectivity index (χ1) is 19.3. The van der Waals surface area contributed by atoms with E-state index in [1.807, 2.05) is 13.8 Å². The number of ether oxygens (including phenoxy) is 3. The summed E-state index contributed by atoms with van der Waals surface area (Å²) in [6.07, 6.45) is 1.65. The van der Waals surface area contributed by atoms with Crippen molar-refractivity contribution >= 4 is 38.0 Å². The molecule has 1 N–H and O–H groups in total. The van der Waals surface area contributed by atoms with Crippen molar-refractivity contribution in [1.82, 2.24) is 15.0 Å². The molecule has 0 aliphatic heterocycles. The zero-order valence-corrected chi connectivity index (χ0v) is 28.1. The third-order valence-electron chi connectivity index (χ3n) is 6.56. The molecule has 218 valence electrons. The fraction of sp³-hybridized carbons (Fsp3) is 0.321. The average Bonchev–Trinajstić information content (AvgIpc) is 3.37. The van der Waals surface area contributed by atoms with Crippen molar-refractivity contribution in [2.24, 2.45) is 5.41 Å². The van der Waals surface area contributed by atoms with Gasteiger partial charge < -0.3 is 28.7 Å². The van der Waals surface area contributed by atoms with Gasteiger partial charge in [-0.05, 0) is 50.2 Å². The molecule has 0 amide bonds. The van der Waals surface area contributed by atoms with Gasteiger partial charge in [0.2, 0.25) is 9.84 Å². The Hall–Kier alpha value is -2.81. The van der Waals surface area contributed by atoms with Gasteiger partial charge in [-0.3, -0.25) is 9.97 Å². The first-order valence-electron chi connectivity index (χ1n) is 12.4. The molecule has 0 fully saturated rings. The standard InChI is InChI=1S/C28H31N3O8S2.Na/c1-16-13-29-21(17(2)24(16)38-6)14-40(34)27-30-20-11-12-22(37-5)25(23(20)31-27)41(35,36)19-9-7-18(8-10-19)39-15-28(3,4)26(32)33;/h7-13H,14-15H2,1-6H3,(H,30,31)(H,32,33);/q;+1/p-1. The van der Waals surface area contributed by atoms with Gasteiger partial charge in [-0.25, -0.2) is 8.42 Å². The van der Waals surface area contributed by atoms with Crippen molar-refractivity contribution in [2.75, 3.05) is 20.8 Å². The Morgan fingerprint density at radius 2 is 1.74 bits per heavy atom. The van der Waals surface area contributed by atoms with Crippen LogP contribution in [0.15, 0.2) is 57.5 Å². The van der Waals surface area contributed by atoms with Crippen LogP contribution in [0.25, 0.3) is 11.0 Å². The quantitative estimate of drug-likeness (QED) is 0.176. The van der Waals surface area contributed by atoms with Crippen LogP contribution in [0.3, 0.4) is 0 Å². The van der Waals surface area contributed by atoms with Crippen molar-refractivity contribution in [2.45, 2.75) is 48.4 Å². The summed E-state index contributed by atoms with van der Waals surface area (Å²) in [5, 5.41) is 11.3. The molecule has 14 heteroatoms. The summed E-state index contributed by atoms with van der Waals surface area (Å²) >= 11 is -1.68. The maximum absolute atomic E-state index is 13.8. The maximum Gasteiger partial charge on any atom is 1.00 e. The molecule has 0 saturated carbocycles. The van der Waals surface area contributed by atoms with Gasteiger partial charge in [0.1, 0.15) is 27.7 Å². The molecular weight excluding hydrogens is 593 g/mol. The molecule has 0 aliphatic carbocycles. The van der Waals surface area contributed by atoms with E-state index in [0.29, 0.717) is 17.0 Å². The number of carboxylic acid groups (broad SMARTS) is 1. The molecule has 4 rings (SSSR count). The number of aryl methyl sites for hydroxylation is 1. The molecule has 0 saturated heterocycles. The molecule has 0 spiro atoms. The summed E-state index contributed by atoms with van der Waals surface area (Å²) in [7, 11) is -1.26. The van der Waals surface area contributed by atoms with E-state index in [0.717, 1.165) is 11.1 Å². The van der Waals surface area contributed by atoms with Gasteiger partial charge in [0.05, 0.1) is 42.9 Å². The Morgan fingerprint density at radius 3 is 2.33 bits per heavy atom. The molecular formula is C28H30N3NaO8S2. The van der Waals surface area contributed by atoms with Crippen LogP contribution in [-0.2, 0) is 31.6 Å². The number of nitrogens with zero attached hydrogens (tertiary/aromatic N) is 2. The number of methoxy groups -OCH3 is 2. The van der Waals surface area contributed by atoms with Gasteiger partial charge in [-0.2, -0.15) is 4.98 Å².